The Bertz CT molecular complexity index is 449. The average Bonchev–Trinajstić information content (AvgIpc) is 2.41. The van der Waals surface area contributed by atoms with E-state index >= 15 is 0 Å². The Kier molecular flexibility index (Phi) is 5.50. The molecule has 20 heavy (non-hydrogen) atoms. The van der Waals surface area contributed by atoms with Crippen LogP contribution in [0, 0.1) is 0 Å². The summed E-state index contributed by atoms with van der Waals surface area (Å²) in [6, 6.07) is 2.37. The van der Waals surface area contributed by atoms with Gasteiger partial charge in [0.05, 0.1) is 21.3 Å². The second-order valence-corrected chi connectivity index (χ2v) is 4.18. The molecule has 0 unspecified atom stereocenters. The summed E-state index contributed by atoms with van der Waals surface area (Å²) in [6.07, 6.45) is -5.41. The van der Waals surface area contributed by atoms with Gasteiger partial charge in [0.15, 0.2) is 11.5 Å². The maximum absolute atomic E-state index is 12.2. The van der Waals surface area contributed by atoms with Gasteiger partial charge >= 0.3 is 6.18 Å². The van der Waals surface area contributed by atoms with Crippen LogP contribution in [0.5, 0.6) is 17.2 Å². The molecule has 0 aromatic heterocycles. The molecule has 0 spiro atoms. The normalized spacial score (nSPS) is 12.9. The first-order valence-electron chi connectivity index (χ1n) is 5.95. The number of hydrogen-bond donors (Lipinski definition) is 1. The highest BCUT2D eigenvalue weighted by molar-refractivity contribution is 5.56. The molecule has 0 saturated heterocycles. The van der Waals surface area contributed by atoms with Crippen molar-refractivity contribution in [2.24, 2.45) is 5.73 Å². The van der Waals surface area contributed by atoms with Gasteiger partial charge in [0.2, 0.25) is 5.75 Å². The van der Waals surface area contributed by atoms with Gasteiger partial charge in [-0.1, -0.05) is 0 Å². The van der Waals surface area contributed by atoms with E-state index < -0.39 is 18.6 Å². The van der Waals surface area contributed by atoms with Crippen molar-refractivity contribution in [3.8, 4) is 17.2 Å². The molecule has 0 bridgehead atoms. The maximum atomic E-state index is 12.2. The smallest absolute Gasteiger partial charge is 0.389 e. The van der Waals surface area contributed by atoms with Gasteiger partial charge < -0.3 is 19.9 Å². The SMILES string of the molecule is COc1ccc([C@H](N)CCC(F)(F)F)c(OC)c1OC. The molecule has 1 aromatic carbocycles. The van der Waals surface area contributed by atoms with Crippen LogP contribution in [-0.2, 0) is 0 Å². The van der Waals surface area contributed by atoms with Crippen molar-refractivity contribution in [3.63, 3.8) is 0 Å². The summed E-state index contributed by atoms with van der Waals surface area (Å²) in [5.74, 6) is 1.03. The Morgan fingerprint density at radius 2 is 1.65 bits per heavy atom. The second-order valence-electron chi connectivity index (χ2n) is 4.18. The van der Waals surface area contributed by atoms with Crippen molar-refractivity contribution in [1.29, 1.82) is 0 Å². The summed E-state index contributed by atoms with van der Waals surface area (Å²) in [7, 11) is 4.28. The number of hydrogen-bond acceptors (Lipinski definition) is 4. The molecule has 0 aliphatic carbocycles. The summed E-state index contributed by atoms with van der Waals surface area (Å²) in [5, 5.41) is 0. The van der Waals surface area contributed by atoms with Gasteiger partial charge in [-0.05, 0) is 18.6 Å². The molecule has 0 aliphatic rings. The van der Waals surface area contributed by atoms with E-state index in [2.05, 4.69) is 0 Å². The third-order valence-electron chi connectivity index (χ3n) is 2.87. The number of methoxy groups -OCH3 is 3. The molecule has 1 rings (SSSR count). The highest BCUT2D eigenvalue weighted by Crippen LogP contribution is 2.42. The van der Waals surface area contributed by atoms with Crippen molar-refractivity contribution < 1.29 is 27.4 Å². The summed E-state index contributed by atoms with van der Waals surface area (Å²) >= 11 is 0. The number of ether oxygens (including phenoxy) is 3. The fourth-order valence-corrected chi connectivity index (χ4v) is 1.89. The Balaban J connectivity index is 3.05. The zero-order valence-electron chi connectivity index (χ0n) is 11.6. The molecular formula is C13H18F3NO3. The Morgan fingerprint density at radius 1 is 1.05 bits per heavy atom. The predicted molar refractivity (Wildman–Crippen MR) is 68.3 cm³/mol. The van der Waals surface area contributed by atoms with Crippen LogP contribution in [0.4, 0.5) is 13.2 Å². The van der Waals surface area contributed by atoms with Crippen LogP contribution in [-0.4, -0.2) is 27.5 Å². The minimum atomic E-state index is -4.23. The molecule has 0 amide bonds. The standard InChI is InChI=1S/C13H18F3NO3/c1-18-10-5-4-8(11(19-2)12(10)20-3)9(17)6-7-13(14,15)16/h4-5,9H,6-7,17H2,1-3H3/t9-/m1/s1. The summed E-state index contributed by atoms with van der Waals surface area (Å²) in [6.45, 7) is 0. The number of nitrogens with two attached hydrogens (primary N) is 1. The van der Waals surface area contributed by atoms with E-state index in [4.69, 9.17) is 19.9 Å². The van der Waals surface area contributed by atoms with Crippen LogP contribution in [0.2, 0.25) is 0 Å². The minimum absolute atomic E-state index is 0.227. The van der Waals surface area contributed by atoms with Crippen molar-refractivity contribution >= 4 is 0 Å². The molecule has 114 valence electrons. The van der Waals surface area contributed by atoms with Crippen LogP contribution in [0.3, 0.4) is 0 Å². The molecule has 1 aromatic rings. The Hall–Kier alpha value is -1.63. The van der Waals surface area contributed by atoms with Crippen molar-refractivity contribution in [2.45, 2.75) is 25.1 Å². The van der Waals surface area contributed by atoms with Gasteiger partial charge in [-0.3, -0.25) is 0 Å². The topological polar surface area (TPSA) is 53.7 Å². The predicted octanol–water partition coefficient (Wildman–Crippen LogP) is 3.05. The van der Waals surface area contributed by atoms with Crippen LogP contribution >= 0.6 is 0 Å². The Labute approximate surface area is 115 Å². The molecule has 1 atom stereocenters. The van der Waals surface area contributed by atoms with E-state index in [0.717, 1.165) is 0 Å². The van der Waals surface area contributed by atoms with Gasteiger partial charge in [0, 0.05) is 18.0 Å². The molecule has 0 heterocycles. The fraction of sp³-hybridized carbons (Fsp3) is 0.538. The highest BCUT2D eigenvalue weighted by Gasteiger charge is 2.29. The van der Waals surface area contributed by atoms with Gasteiger partial charge in [0.25, 0.3) is 0 Å². The number of alkyl halides is 3. The lowest BCUT2D eigenvalue weighted by molar-refractivity contribution is -0.136. The van der Waals surface area contributed by atoms with E-state index in [9.17, 15) is 13.2 Å². The lowest BCUT2D eigenvalue weighted by Crippen LogP contribution is -2.16. The van der Waals surface area contributed by atoms with E-state index in [1.165, 1.54) is 21.3 Å². The summed E-state index contributed by atoms with van der Waals surface area (Å²) < 4.78 is 52.2. The molecule has 0 fully saturated rings. The third kappa shape index (κ3) is 3.93. The lowest BCUT2D eigenvalue weighted by atomic mass is 10.0. The Morgan fingerprint density at radius 3 is 2.10 bits per heavy atom. The fourth-order valence-electron chi connectivity index (χ4n) is 1.89. The van der Waals surface area contributed by atoms with E-state index in [1.807, 2.05) is 0 Å². The zero-order chi connectivity index (χ0) is 15.3. The van der Waals surface area contributed by atoms with Crippen molar-refractivity contribution in [1.82, 2.24) is 0 Å². The maximum Gasteiger partial charge on any atom is 0.389 e. The van der Waals surface area contributed by atoms with Gasteiger partial charge in [-0.2, -0.15) is 13.2 Å². The monoisotopic (exact) mass is 293 g/mol. The van der Waals surface area contributed by atoms with Crippen molar-refractivity contribution in [3.05, 3.63) is 17.7 Å². The first-order valence-corrected chi connectivity index (χ1v) is 5.95. The summed E-state index contributed by atoms with van der Waals surface area (Å²) in [5.41, 5.74) is 6.27. The van der Waals surface area contributed by atoms with Crippen molar-refractivity contribution in [2.75, 3.05) is 21.3 Å². The van der Waals surface area contributed by atoms with Gasteiger partial charge in [0.1, 0.15) is 0 Å². The van der Waals surface area contributed by atoms with Gasteiger partial charge in [-0.25, -0.2) is 0 Å². The number of halogens is 3. The van der Waals surface area contributed by atoms with Crippen LogP contribution < -0.4 is 19.9 Å². The summed E-state index contributed by atoms with van der Waals surface area (Å²) in [4.78, 5) is 0. The molecule has 0 radical (unpaired) electrons. The van der Waals surface area contributed by atoms with Gasteiger partial charge in [-0.15, -0.1) is 0 Å². The molecular weight excluding hydrogens is 275 g/mol. The highest BCUT2D eigenvalue weighted by atomic mass is 19.4. The largest absolute Gasteiger partial charge is 0.493 e. The molecule has 4 nitrogen and oxygen atoms in total. The average molecular weight is 293 g/mol. The molecule has 0 saturated carbocycles. The number of benzene rings is 1. The first-order chi connectivity index (χ1) is 9.34. The quantitative estimate of drug-likeness (QED) is 0.876. The lowest BCUT2D eigenvalue weighted by Gasteiger charge is -2.20. The van der Waals surface area contributed by atoms with Crippen LogP contribution in [0.25, 0.3) is 0 Å². The third-order valence-corrected chi connectivity index (χ3v) is 2.87. The van der Waals surface area contributed by atoms with E-state index in [1.54, 1.807) is 12.1 Å². The van der Waals surface area contributed by atoms with Crippen LogP contribution in [0.1, 0.15) is 24.4 Å². The minimum Gasteiger partial charge on any atom is -0.493 e. The van der Waals surface area contributed by atoms with E-state index in [-0.39, 0.29) is 6.42 Å². The molecule has 2 N–H and O–H groups in total. The molecule has 0 aliphatic heterocycles. The number of rotatable bonds is 6. The first kappa shape index (κ1) is 16.4. The van der Waals surface area contributed by atoms with Crippen LogP contribution in [0.15, 0.2) is 12.1 Å². The zero-order valence-corrected chi connectivity index (χ0v) is 11.6. The van der Waals surface area contributed by atoms with E-state index in [0.29, 0.717) is 22.8 Å². The second kappa shape index (κ2) is 6.69. The molecule has 7 heteroatoms.